The van der Waals surface area contributed by atoms with Crippen LogP contribution in [0.3, 0.4) is 0 Å². The van der Waals surface area contributed by atoms with Crippen molar-refractivity contribution in [3.8, 4) is 0 Å². The molecule has 0 amide bonds. The summed E-state index contributed by atoms with van der Waals surface area (Å²) in [5, 5.41) is 3.67. The van der Waals surface area contributed by atoms with Crippen LogP contribution in [0.25, 0.3) is 0 Å². The summed E-state index contributed by atoms with van der Waals surface area (Å²) < 4.78 is 0. The van der Waals surface area contributed by atoms with Crippen LogP contribution in [0.15, 0.2) is 48.6 Å². The van der Waals surface area contributed by atoms with E-state index in [9.17, 15) is 0 Å². The summed E-state index contributed by atoms with van der Waals surface area (Å²) in [6, 6.07) is 0. The smallest absolute Gasteiger partial charge is 0.00489 e. The Hall–Kier alpha value is -1.08. The molecule has 0 saturated heterocycles. The molecule has 0 unspecified atom stereocenters. The van der Waals surface area contributed by atoms with Crippen molar-refractivity contribution in [1.29, 1.82) is 0 Å². The van der Waals surface area contributed by atoms with Crippen molar-refractivity contribution in [3.05, 3.63) is 48.6 Å². The van der Waals surface area contributed by atoms with E-state index in [4.69, 9.17) is 0 Å². The molecule has 1 heteroatoms. The van der Waals surface area contributed by atoms with E-state index in [1.54, 1.807) is 0 Å². The van der Waals surface area contributed by atoms with E-state index < -0.39 is 0 Å². The Morgan fingerprint density at radius 1 is 0.300 bits per heavy atom. The maximum Gasteiger partial charge on any atom is -0.00489 e. The maximum absolute atomic E-state index is 3.67. The average molecular weight is 556 g/mol. The van der Waals surface area contributed by atoms with Gasteiger partial charge in [0.2, 0.25) is 0 Å². The van der Waals surface area contributed by atoms with Gasteiger partial charge in [-0.15, -0.1) is 0 Å². The SMILES string of the molecule is CCCCC/C=C\C/C=C\CCCCCCCCCCCNCCCCCCCC/C=C\C/C=C\CCCCC. The molecule has 0 rings (SSSR count). The predicted octanol–water partition coefficient (Wildman–Crippen LogP) is 13.4. The van der Waals surface area contributed by atoms with E-state index in [1.165, 1.54) is 174 Å². The van der Waals surface area contributed by atoms with Gasteiger partial charge < -0.3 is 5.32 Å². The number of nitrogens with one attached hydrogen (secondary N) is 1. The van der Waals surface area contributed by atoms with Crippen LogP contribution >= 0.6 is 0 Å². The van der Waals surface area contributed by atoms with Crippen molar-refractivity contribution in [1.82, 2.24) is 5.32 Å². The molecule has 0 aliphatic carbocycles. The molecule has 234 valence electrons. The van der Waals surface area contributed by atoms with Crippen LogP contribution in [-0.4, -0.2) is 13.1 Å². The fourth-order valence-corrected chi connectivity index (χ4v) is 5.13. The van der Waals surface area contributed by atoms with Crippen molar-refractivity contribution in [2.75, 3.05) is 13.1 Å². The maximum atomic E-state index is 3.67. The van der Waals surface area contributed by atoms with Crippen LogP contribution in [0.1, 0.15) is 187 Å². The molecule has 40 heavy (non-hydrogen) atoms. The monoisotopic (exact) mass is 556 g/mol. The first-order valence-electron chi connectivity index (χ1n) is 18.2. The van der Waals surface area contributed by atoms with E-state index >= 15 is 0 Å². The fraction of sp³-hybridized carbons (Fsp3) is 0.795. The highest BCUT2D eigenvalue weighted by Gasteiger charge is 1.94. The Morgan fingerprint density at radius 3 is 0.900 bits per heavy atom. The van der Waals surface area contributed by atoms with Gasteiger partial charge in [-0.2, -0.15) is 0 Å². The second-order valence-corrected chi connectivity index (χ2v) is 12.0. The largest absolute Gasteiger partial charge is 0.317 e. The van der Waals surface area contributed by atoms with Crippen LogP contribution in [0.5, 0.6) is 0 Å². The van der Waals surface area contributed by atoms with Gasteiger partial charge in [-0.05, 0) is 90.1 Å². The zero-order valence-electron chi connectivity index (χ0n) is 27.6. The Labute approximate surface area is 253 Å². The number of unbranched alkanes of at least 4 members (excludes halogenated alkanes) is 21. The summed E-state index contributed by atoms with van der Waals surface area (Å²) in [7, 11) is 0. The first kappa shape index (κ1) is 38.9. The van der Waals surface area contributed by atoms with Crippen LogP contribution in [0.4, 0.5) is 0 Å². The molecule has 0 heterocycles. The zero-order valence-corrected chi connectivity index (χ0v) is 27.6. The molecule has 0 aromatic rings. The molecule has 0 aromatic carbocycles. The van der Waals surface area contributed by atoms with Gasteiger partial charge in [0.05, 0.1) is 0 Å². The minimum atomic E-state index is 1.12. The van der Waals surface area contributed by atoms with Crippen molar-refractivity contribution >= 4 is 0 Å². The Morgan fingerprint density at radius 2 is 0.575 bits per heavy atom. The van der Waals surface area contributed by atoms with Gasteiger partial charge in [-0.3, -0.25) is 0 Å². The molecular weight excluding hydrogens is 482 g/mol. The van der Waals surface area contributed by atoms with Crippen molar-refractivity contribution < 1.29 is 0 Å². The summed E-state index contributed by atoms with van der Waals surface area (Å²) in [6.45, 7) is 6.99. The van der Waals surface area contributed by atoms with Crippen LogP contribution in [0, 0.1) is 0 Å². The summed E-state index contributed by atoms with van der Waals surface area (Å²) >= 11 is 0. The quantitative estimate of drug-likeness (QED) is 0.0627. The van der Waals surface area contributed by atoms with E-state index in [0.29, 0.717) is 0 Å². The third kappa shape index (κ3) is 36.9. The topological polar surface area (TPSA) is 12.0 Å². The molecule has 0 radical (unpaired) electrons. The molecule has 0 spiro atoms. The normalized spacial score (nSPS) is 12.3. The van der Waals surface area contributed by atoms with E-state index in [0.717, 1.165) is 12.8 Å². The standard InChI is InChI=1S/C39H73N/c1-3-5-7-9-11-13-15-17-19-21-22-23-25-27-29-31-33-35-37-39-40-38-36-34-32-30-28-26-24-20-18-16-14-12-10-8-6-4-2/h11-14,17-20,40H,3-10,15-16,21-39H2,1-2H3/b13-11-,14-12-,19-17-,20-18-. The Balaban J connectivity index is 3.14. The first-order valence-corrected chi connectivity index (χ1v) is 18.2. The Kier molecular flexibility index (Phi) is 36.9. The predicted molar refractivity (Wildman–Crippen MR) is 185 cm³/mol. The molecule has 1 N–H and O–H groups in total. The summed E-state index contributed by atoms with van der Waals surface area (Å²) in [4.78, 5) is 0. The summed E-state index contributed by atoms with van der Waals surface area (Å²) in [6.07, 6.45) is 55.3. The van der Waals surface area contributed by atoms with Gasteiger partial charge in [0.1, 0.15) is 0 Å². The second-order valence-electron chi connectivity index (χ2n) is 12.0. The van der Waals surface area contributed by atoms with Crippen molar-refractivity contribution in [2.45, 2.75) is 187 Å². The van der Waals surface area contributed by atoms with Crippen LogP contribution in [0.2, 0.25) is 0 Å². The highest BCUT2D eigenvalue weighted by Crippen LogP contribution is 2.11. The van der Waals surface area contributed by atoms with E-state index in [2.05, 4.69) is 67.8 Å². The minimum absolute atomic E-state index is 1.12. The molecule has 0 atom stereocenters. The molecular formula is C39H73N. The molecule has 1 nitrogen and oxygen atoms in total. The second kappa shape index (κ2) is 37.9. The Bertz CT molecular complexity index is 505. The van der Waals surface area contributed by atoms with Gasteiger partial charge in [0.25, 0.3) is 0 Å². The number of allylic oxidation sites excluding steroid dienone is 8. The summed E-state index contributed by atoms with van der Waals surface area (Å²) in [5.74, 6) is 0. The lowest BCUT2D eigenvalue weighted by molar-refractivity contribution is 0.531. The van der Waals surface area contributed by atoms with Gasteiger partial charge >= 0.3 is 0 Å². The lowest BCUT2D eigenvalue weighted by Gasteiger charge is -2.05. The fourth-order valence-electron chi connectivity index (χ4n) is 5.13. The van der Waals surface area contributed by atoms with E-state index in [1.807, 2.05) is 0 Å². The van der Waals surface area contributed by atoms with Crippen molar-refractivity contribution in [3.63, 3.8) is 0 Å². The first-order chi connectivity index (χ1) is 19.9. The van der Waals surface area contributed by atoms with Gasteiger partial charge in [-0.25, -0.2) is 0 Å². The number of hydrogen-bond acceptors (Lipinski definition) is 1. The molecule has 0 saturated carbocycles. The number of rotatable bonds is 33. The molecule has 0 bridgehead atoms. The van der Waals surface area contributed by atoms with Crippen LogP contribution < -0.4 is 5.32 Å². The molecule has 0 aliphatic rings. The van der Waals surface area contributed by atoms with Gasteiger partial charge in [0, 0.05) is 0 Å². The molecule has 0 aliphatic heterocycles. The average Bonchev–Trinajstić information content (AvgIpc) is 2.97. The summed E-state index contributed by atoms with van der Waals surface area (Å²) in [5.41, 5.74) is 0. The van der Waals surface area contributed by atoms with Crippen molar-refractivity contribution in [2.24, 2.45) is 0 Å². The lowest BCUT2D eigenvalue weighted by atomic mass is 10.1. The zero-order chi connectivity index (χ0) is 28.9. The molecule has 0 aromatic heterocycles. The highest BCUT2D eigenvalue weighted by atomic mass is 14.8. The third-order valence-corrected chi connectivity index (χ3v) is 7.86. The lowest BCUT2D eigenvalue weighted by Crippen LogP contribution is -2.16. The van der Waals surface area contributed by atoms with Crippen LogP contribution in [-0.2, 0) is 0 Å². The highest BCUT2D eigenvalue weighted by molar-refractivity contribution is 4.93. The molecule has 0 fully saturated rings. The number of hydrogen-bond donors (Lipinski definition) is 1. The minimum Gasteiger partial charge on any atom is -0.317 e. The van der Waals surface area contributed by atoms with Gasteiger partial charge in [0.15, 0.2) is 0 Å². The van der Waals surface area contributed by atoms with Gasteiger partial charge in [-0.1, -0.05) is 159 Å². The third-order valence-electron chi connectivity index (χ3n) is 7.86. The van der Waals surface area contributed by atoms with E-state index in [-0.39, 0.29) is 0 Å².